The molecule has 23 heavy (non-hydrogen) atoms. The zero-order valence-electron chi connectivity index (χ0n) is 14.3. The average molecular weight is 317 g/mol. The first-order chi connectivity index (χ1) is 11.0. The lowest BCUT2D eigenvalue weighted by atomic mass is 10.0. The Kier molecular flexibility index (Phi) is 6.16. The topological polar surface area (TPSA) is 52.7 Å². The number of carbonyl (C=O) groups excluding carboxylic acids is 2. The van der Waals surface area contributed by atoms with Gasteiger partial charge in [-0.15, -0.1) is 0 Å². The van der Waals surface area contributed by atoms with Gasteiger partial charge in [-0.3, -0.25) is 14.5 Å². The van der Waals surface area contributed by atoms with Crippen molar-refractivity contribution in [1.82, 2.24) is 15.1 Å². The lowest BCUT2D eigenvalue weighted by molar-refractivity contribution is -0.135. The molecule has 1 aromatic rings. The van der Waals surface area contributed by atoms with Gasteiger partial charge in [0.25, 0.3) is 5.91 Å². The standard InChI is InChI=1S/C18H27N3O2/c1-14-6-4-5-11-21(14)17(22)13-20(3)12-15-7-9-16(10-8-15)18(23)19-2/h7-10,14H,4-6,11-13H2,1-3H3,(H,19,23). The number of nitrogens with one attached hydrogen (secondary N) is 1. The highest BCUT2D eigenvalue weighted by Crippen LogP contribution is 2.16. The highest BCUT2D eigenvalue weighted by molar-refractivity contribution is 5.93. The van der Waals surface area contributed by atoms with E-state index in [1.165, 1.54) is 6.42 Å². The summed E-state index contributed by atoms with van der Waals surface area (Å²) in [5, 5.41) is 2.61. The van der Waals surface area contributed by atoms with Crippen molar-refractivity contribution < 1.29 is 9.59 Å². The summed E-state index contributed by atoms with van der Waals surface area (Å²) in [6, 6.07) is 7.87. The lowest BCUT2D eigenvalue weighted by Crippen LogP contribution is -2.46. The van der Waals surface area contributed by atoms with Gasteiger partial charge < -0.3 is 10.2 Å². The summed E-state index contributed by atoms with van der Waals surface area (Å²) in [5.74, 6) is 0.126. The third-order valence-corrected chi connectivity index (χ3v) is 4.42. The molecule has 1 fully saturated rings. The summed E-state index contributed by atoms with van der Waals surface area (Å²) >= 11 is 0. The molecule has 2 amide bonds. The van der Waals surface area contributed by atoms with Crippen LogP contribution in [0.25, 0.3) is 0 Å². The molecule has 0 saturated carbocycles. The molecule has 1 aliphatic rings. The zero-order chi connectivity index (χ0) is 16.8. The van der Waals surface area contributed by atoms with E-state index in [0.29, 0.717) is 24.7 Å². The monoisotopic (exact) mass is 317 g/mol. The molecular formula is C18H27N3O2. The van der Waals surface area contributed by atoms with Crippen LogP contribution >= 0.6 is 0 Å². The molecule has 1 heterocycles. The molecule has 1 N–H and O–H groups in total. The Morgan fingerprint density at radius 1 is 1.26 bits per heavy atom. The third kappa shape index (κ3) is 4.79. The largest absolute Gasteiger partial charge is 0.355 e. The fourth-order valence-corrected chi connectivity index (χ4v) is 3.06. The van der Waals surface area contributed by atoms with Crippen molar-refractivity contribution in [3.63, 3.8) is 0 Å². The number of hydrogen-bond donors (Lipinski definition) is 1. The Bertz CT molecular complexity index is 542. The number of nitrogens with zero attached hydrogens (tertiary/aromatic N) is 2. The number of benzene rings is 1. The van der Waals surface area contributed by atoms with E-state index in [0.717, 1.165) is 24.9 Å². The Morgan fingerprint density at radius 3 is 2.57 bits per heavy atom. The second kappa shape index (κ2) is 8.11. The smallest absolute Gasteiger partial charge is 0.251 e. The van der Waals surface area contributed by atoms with E-state index in [9.17, 15) is 9.59 Å². The maximum Gasteiger partial charge on any atom is 0.251 e. The Balaban J connectivity index is 1.87. The zero-order valence-corrected chi connectivity index (χ0v) is 14.3. The van der Waals surface area contributed by atoms with Crippen molar-refractivity contribution in [2.45, 2.75) is 38.8 Å². The normalized spacial score (nSPS) is 18.1. The van der Waals surface area contributed by atoms with Crippen LogP contribution < -0.4 is 5.32 Å². The number of piperidine rings is 1. The van der Waals surface area contributed by atoms with Gasteiger partial charge in [0.15, 0.2) is 0 Å². The predicted molar refractivity (Wildman–Crippen MR) is 91.2 cm³/mol. The van der Waals surface area contributed by atoms with Crippen molar-refractivity contribution in [3.05, 3.63) is 35.4 Å². The van der Waals surface area contributed by atoms with Crippen molar-refractivity contribution >= 4 is 11.8 Å². The first kappa shape index (κ1) is 17.5. The van der Waals surface area contributed by atoms with Gasteiger partial charge in [-0.1, -0.05) is 12.1 Å². The van der Waals surface area contributed by atoms with Gasteiger partial charge in [0.1, 0.15) is 0 Å². The molecule has 1 saturated heterocycles. The lowest BCUT2D eigenvalue weighted by Gasteiger charge is -2.34. The number of amides is 2. The predicted octanol–water partition coefficient (Wildman–Crippen LogP) is 1.88. The molecule has 2 rings (SSSR count). The number of hydrogen-bond acceptors (Lipinski definition) is 3. The Morgan fingerprint density at radius 2 is 1.96 bits per heavy atom. The molecule has 0 bridgehead atoms. The molecule has 1 unspecified atom stereocenters. The summed E-state index contributed by atoms with van der Waals surface area (Å²) in [6.07, 6.45) is 3.44. The van der Waals surface area contributed by atoms with Gasteiger partial charge in [0, 0.05) is 31.7 Å². The molecule has 126 valence electrons. The van der Waals surface area contributed by atoms with Crippen LogP contribution in [0.3, 0.4) is 0 Å². The van der Waals surface area contributed by atoms with Gasteiger partial charge in [-0.05, 0) is 50.9 Å². The molecule has 0 spiro atoms. The molecule has 1 aromatic carbocycles. The molecule has 5 heteroatoms. The van der Waals surface area contributed by atoms with E-state index in [4.69, 9.17) is 0 Å². The molecule has 5 nitrogen and oxygen atoms in total. The molecular weight excluding hydrogens is 290 g/mol. The van der Waals surface area contributed by atoms with Crippen molar-refractivity contribution in [1.29, 1.82) is 0 Å². The number of rotatable bonds is 5. The number of likely N-dealkylation sites (N-methyl/N-ethyl adjacent to an activating group) is 1. The van der Waals surface area contributed by atoms with E-state index in [2.05, 4.69) is 12.2 Å². The van der Waals surface area contributed by atoms with Gasteiger partial charge in [0.05, 0.1) is 6.54 Å². The van der Waals surface area contributed by atoms with E-state index >= 15 is 0 Å². The van der Waals surface area contributed by atoms with Crippen LogP contribution in [-0.2, 0) is 11.3 Å². The molecule has 0 radical (unpaired) electrons. The summed E-state index contributed by atoms with van der Waals surface area (Å²) in [4.78, 5) is 28.0. The fourth-order valence-electron chi connectivity index (χ4n) is 3.06. The van der Waals surface area contributed by atoms with Crippen LogP contribution in [0.2, 0.25) is 0 Å². The van der Waals surface area contributed by atoms with Crippen LogP contribution in [0.5, 0.6) is 0 Å². The molecule has 1 aliphatic heterocycles. The van der Waals surface area contributed by atoms with Crippen molar-refractivity contribution in [2.75, 3.05) is 27.2 Å². The van der Waals surface area contributed by atoms with Crippen LogP contribution in [-0.4, -0.2) is 54.8 Å². The fraction of sp³-hybridized carbons (Fsp3) is 0.556. The van der Waals surface area contributed by atoms with E-state index < -0.39 is 0 Å². The summed E-state index contributed by atoms with van der Waals surface area (Å²) in [7, 11) is 3.58. The van der Waals surface area contributed by atoms with Crippen LogP contribution in [0.4, 0.5) is 0 Å². The minimum absolute atomic E-state index is 0.0841. The quantitative estimate of drug-likeness (QED) is 0.902. The highest BCUT2D eigenvalue weighted by atomic mass is 16.2. The minimum atomic E-state index is -0.0841. The van der Waals surface area contributed by atoms with Gasteiger partial charge in [-0.25, -0.2) is 0 Å². The van der Waals surface area contributed by atoms with Gasteiger partial charge in [0.2, 0.25) is 5.91 Å². The maximum absolute atomic E-state index is 12.4. The van der Waals surface area contributed by atoms with Crippen LogP contribution in [0.15, 0.2) is 24.3 Å². The second-order valence-electron chi connectivity index (χ2n) is 6.38. The number of likely N-dealkylation sites (tertiary alicyclic amines) is 1. The average Bonchev–Trinajstić information content (AvgIpc) is 2.55. The first-order valence-electron chi connectivity index (χ1n) is 8.30. The van der Waals surface area contributed by atoms with E-state index in [-0.39, 0.29) is 11.8 Å². The molecule has 0 aliphatic carbocycles. The Labute approximate surface area is 138 Å². The van der Waals surface area contributed by atoms with E-state index in [1.807, 2.05) is 41.1 Å². The van der Waals surface area contributed by atoms with Crippen molar-refractivity contribution in [2.24, 2.45) is 0 Å². The summed E-state index contributed by atoms with van der Waals surface area (Å²) < 4.78 is 0. The van der Waals surface area contributed by atoms with Crippen LogP contribution in [0.1, 0.15) is 42.1 Å². The van der Waals surface area contributed by atoms with Gasteiger partial charge >= 0.3 is 0 Å². The molecule has 0 aromatic heterocycles. The van der Waals surface area contributed by atoms with Gasteiger partial charge in [-0.2, -0.15) is 0 Å². The van der Waals surface area contributed by atoms with Crippen LogP contribution in [0, 0.1) is 0 Å². The molecule has 1 atom stereocenters. The van der Waals surface area contributed by atoms with Crippen molar-refractivity contribution in [3.8, 4) is 0 Å². The summed E-state index contributed by atoms with van der Waals surface area (Å²) in [6.45, 7) is 4.15. The second-order valence-corrected chi connectivity index (χ2v) is 6.38. The third-order valence-electron chi connectivity index (χ3n) is 4.42. The summed E-state index contributed by atoms with van der Waals surface area (Å²) in [5.41, 5.74) is 1.75. The maximum atomic E-state index is 12.4. The number of carbonyl (C=O) groups is 2. The Hall–Kier alpha value is -1.88. The highest BCUT2D eigenvalue weighted by Gasteiger charge is 2.23. The van der Waals surface area contributed by atoms with E-state index in [1.54, 1.807) is 7.05 Å². The SMILES string of the molecule is CNC(=O)c1ccc(CN(C)CC(=O)N2CCCCC2C)cc1. The first-order valence-corrected chi connectivity index (χ1v) is 8.30. The minimum Gasteiger partial charge on any atom is -0.355 e.